The van der Waals surface area contributed by atoms with E-state index < -0.39 is 24.3 Å². The van der Waals surface area contributed by atoms with E-state index in [4.69, 9.17) is 4.42 Å². The lowest BCUT2D eigenvalue weighted by Gasteiger charge is -2.14. The lowest BCUT2D eigenvalue weighted by molar-refractivity contribution is -0.286. The molecule has 0 saturated heterocycles. The number of hydrogen-bond acceptors (Lipinski definition) is 8. The van der Waals surface area contributed by atoms with Crippen molar-refractivity contribution in [2.45, 2.75) is 44.2 Å². The number of halogens is 3. The molecule has 0 fully saturated rings. The third-order valence-electron chi connectivity index (χ3n) is 7.32. The van der Waals surface area contributed by atoms with E-state index in [0.717, 1.165) is 0 Å². The van der Waals surface area contributed by atoms with Gasteiger partial charge in [0.15, 0.2) is 23.1 Å². The summed E-state index contributed by atoms with van der Waals surface area (Å²) in [5, 5.41) is 24.9. The molecule has 1 aliphatic heterocycles. The fourth-order valence-corrected chi connectivity index (χ4v) is 5.82. The van der Waals surface area contributed by atoms with Crippen LogP contribution in [0.1, 0.15) is 31.0 Å². The first-order chi connectivity index (χ1) is 20.8. The molecule has 2 aromatic heterocycles. The molecular formula is C32H28F3N3O5S. The highest BCUT2D eigenvalue weighted by atomic mass is 32.2. The van der Waals surface area contributed by atoms with Gasteiger partial charge in [-0.2, -0.15) is 5.10 Å². The lowest BCUT2D eigenvalue weighted by Crippen LogP contribution is -2.25. The zero-order valence-electron chi connectivity index (χ0n) is 24.4. The first-order valence-corrected chi connectivity index (χ1v) is 14.8. The second-order valence-electron chi connectivity index (χ2n) is 10.9. The van der Waals surface area contributed by atoms with Crippen LogP contribution in [0.25, 0.3) is 45.0 Å². The maximum absolute atomic E-state index is 15.1. The Kier molecular flexibility index (Phi) is 7.26. The molecule has 0 amide bonds. The number of ether oxygens (including phenoxy) is 2. The minimum absolute atomic E-state index is 0.102. The zero-order valence-corrected chi connectivity index (χ0v) is 25.2. The number of thioether (sulfide) groups is 1. The quantitative estimate of drug-likeness (QED) is 0.182. The molecule has 12 heteroatoms. The normalized spacial score (nSPS) is 14.0. The Morgan fingerprint density at radius 1 is 0.955 bits per heavy atom. The van der Waals surface area contributed by atoms with Gasteiger partial charge in [-0.25, -0.2) is 9.37 Å². The molecule has 0 radical (unpaired) electrons. The van der Waals surface area contributed by atoms with Crippen LogP contribution in [0.4, 0.5) is 13.2 Å². The number of nitrogens with zero attached hydrogens (tertiary/aromatic N) is 3. The first-order valence-electron chi connectivity index (χ1n) is 13.5. The molecular weight excluding hydrogens is 595 g/mol. The summed E-state index contributed by atoms with van der Waals surface area (Å²) in [5.41, 5.74) is 3.36. The Morgan fingerprint density at radius 2 is 1.68 bits per heavy atom. The molecule has 8 nitrogen and oxygen atoms in total. The van der Waals surface area contributed by atoms with Crippen molar-refractivity contribution in [1.29, 1.82) is 0 Å². The summed E-state index contributed by atoms with van der Waals surface area (Å²) in [5.74, 6) is -0.128. The van der Waals surface area contributed by atoms with Crippen molar-refractivity contribution in [3.05, 3.63) is 77.6 Å². The molecule has 3 heterocycles. The molecule has 3 aromatic carbocycles. The molecule has 0 saturated carbocycles. The molecule has 0 atom stereocenters. The fraction of sp³-hybridized carbons (Fsp3) is 0.250. The number of aliphatic hydroxyl groups excluding tert-OH is 1. The molecule has 44 heavy (non-hydrogen) atoms. The number of fused-ring (bicyclic) bond motifs is 1. The molecule has 2 N–H and O–H groups in total. The van der Waals surface area contributed by atoms with E-state index in [1.165, 1.54) is 30.0 Å². The number of hydrogen-bond donors (Lipinski definition) is 2. The Hall–Kier alpha value is -4.26. The SMILES string of the molecule is CSc1cc(-c2ccc(-c3cc(C(C)(C)O)nn3C)c(-c3oc(C)nc3-c3ccc4c(c3)OC(F)(F)O4)c2)cc(F)c1CO. The average Bonchev–Trinajstić information content (AvgIpc) is 3.64. The van der Waals surface area contributed by atoms with E-state index in [2.05, 4.69) is 19.6 Å². The zero-order chi connectivity index (χ0) is 31.6. The fourth-order valence-electron chi connectivity index (χ4n) is 5.17. The summed E-state index contributed by atoms with van der Waals surface area (Å²) in [4.78, 5) is 5.18. The van der Waals surface area contributed by atoms with Gasteiger partial charge >= 0.3 is 6.29 Å². The monoisotopic (exact) mass is 623 g/mol. The average molecular weight is 624 g/mol. The highest BCUT2D eigenvalue weighted by Gasteiger charge is 2.43. The summed E-state index contributed by atoms with van der Waals surface area (Å²) < 4.78 is 59.6. The third-order valence-corrected chi connectivity index (χ3v) is 8.13. The van der Waals surface area contributed by atoms with E-state index in [1.54, 1.807) is 57.0 Å². The summed E-state index contributed by atoms with van der Waals surface area (Å²) in [6, 6.07) is 14.8. The second-order valence-corrected chi connectivity index (χ2v) is 11.7. The maximum Gasteiger partial charge on any atom is 0.586 e. The van der Waals surface area contributed by atoms with Crippen LogP contribution in [0.3, 0.4) is 0 Å². The third kappa shape index (κ3) is 5.33. The topological polar surface area (TPSA) is 103 Å². The molecule has 0 unspecified atom stereocenters. The van der Waals surface area contributed by atoms with Crippen molar-refractivity contribution in [2.24, 2.45) is 7.05 Å². The predicted molar refractivity (Wildman–Crippen MR) is 159 cm³/mol. The van der Waals surface area contributed by atoms with Crippen LogP contribution in [0.2, 0.25) is 0 Å². The van der Waals surface area contributed by atoms with E-state index in [9.17, 15) is 19.0 Å². The van der Waals surface area contributed by atoms with Gasteiger partial charge in [-0.05, 0) is 73.7 Å². The number of aliphatic hydroxyl groups is 2. The number of oxazole rings is 1. The predicted octanol–water partition coefficient (Wildman–Crippen LogP) is 7.29. The maximum atomic E-state index is 15.1. The number of benzene rings is 3. The Morgan fingerprint density at radius 3 is 2.36 bits per heavy atom. The van der Waals surface area contributed by atoms with Crippen LogP contribution in [0.5, 0.6) is 11.5 Å². The van der Waals surface area contributed by atoms with Crippen molar-refractivity contribution < 1.29 is 37.3 Å². The van der Waals surface area contributed by atoms with Gasteiger partial charge in [-0.3, -0.25) is 4.68 Å². The van der Waals surface area contributed by atoms with Crippen molar-refractivity contribution in [3.63, 3.8) is 0 Å². The Bertz CT molecular complexity index is 1910. The molecule has 0 bridgehead atoms. The van der Waals surface area contributed by atoms with Gasteiger partial charge in [0, 0.05) is 41.1 Å². The number of alkyl halides is 2. The van der Waals surface area contributed by atoms with Gasteiger partial charge < -0.3 is 24.1 Å². The van der Waals surface area contributed by atoms with Crippen LogP contribution in [0.15, 0.2) is 63.9 Å². The number of aromatic nitrogens is 3. The van der Waals surface area contributed by atoms with Crippen molar-refractivity contribution in [1.82, 2.24) is 14.8 Å². The van der Waals surface area contributed by atoms with Gasteiger partial charge in [0.25, 0.3) is 0 Å². The Labute approximate surface area is 255 Å². The van der Waals surface area contributed by atoms with Crippen LogP contribution in [0, 0.1) is 12.7 Å². The van der Waals surface area contributed by atoms with E-state index >= 15 is 4.39 Å². The van der Waals surface area contributed by atoms with E-state index in [0.29, 0.717) is 61.4 Å². The van der Waals surface area contributed by atoms with Gasteiger partial charge in [0.1, 0.15) is 17.1 Å². The Balaban J connectivity index is 1.58. The molecule has 0 spiro atoms. The number of aryl methyl sites for hydroxylation is 2. The minimum Gasteiger partial charge on any atom is -0.440 e. The van der Waals surface area contributed by atoms with Crippen LogP contribution in [-0.2, 0) is 19.3 Å². The van der Waals surface area contributed by atoms with Crippen molar-refractivity contribution >= 4 is 11.8 Å². The summed E-state index contributed by atoms with van der Waals surface area (Å²) in [7, 11) is 1.75. The summed E-state index contributed by atoms with van der Waals surface area (Å²) in [6.07, 6.45) is -1.97. The molecule has 5 aromatic rings. The van der Waals surface area contributed by atoms with Gasteiger partial charge in [0.2, 0.25) is 0 Å². The van der Waals surface area contributed by atoms with Gasteiger partial charge in [-0.1, -0.05) is 12.1 Å². The van der Waals surface area contributed by atoms with Gasteiger partial charge in [-0.15, -0.1) is 20.5 Å². The smallest absolute Gasteiger partial charge is 0.440 e. The highest BCUT2D eigenvalue weighted by Crippen LogP contribution is 2.46. The van der Waals surface area contributed by atoms with Crippen LogP contribution >= 0.6 is 11.8 Å². The van der Waals surface area contributed by atoms with Crippen LogP contribution in [-0.4, -0.2) is 37.5 Å². The minimum atomic E-state index is -3.78. The standard InChI is InChI=1S/C32H28F3N3O5S/c1-16-36-29(18-7-9-25-26(12-18)43-32(34,35)42-25)30(41-16)21-10-17(19-11-23(33)22(15-39)27(13-19)44-5)6-8-20(21)24-14-28(31(2,3)40)37-38(24)4/h6-14,39-40H,15H2,1-5H3. The molecule has 0 aliphatic carbocycles. The first kappa shape index (κ1) is 29.8. The second kappa shape index (κ2) is 10.7. The number of rotatable bonds is 7. The van der Waals surface area contributed by atoms with Gasteiger partial charge in [0.05, 0.1) is 18.0 Å². The molecule has 1 aliphatic rings. The van der Waals surface area contributed by atoms with Crippen LogP contribution < -0.4 is 9.47 Å². The van der Waals surface area contributed by atoms with Crippen molar-refractivity contribution in [2.75, 3.05) is 6.26 Å². The largest absolute Gasteiger partial charge is 0.586 e. The highest BCUT2D eigenvalue weighted by molar-refractivity contribution is 7.98. The lowest BCUT2D eigenvalue weighted by atomic mass is 9.93. The molecule has 228 valence electrons. The van der Waals surface area contributed by atoms with Crippen molar-refractivity contribution in [3.8, 4) is 56.5 Å². The summed E-state index contributed by atoms with van der Waals surface area (Å²) >= 11 is 1.32. The van der Waals surface area contributed by atoms with E-state index in [-0.39, 0.29) is 17.1 Å². The summed E-state index contributed by atoms with van der Waals surface area (Å²) in [6.45, 7) is 4.51. The molecule has 6 rings (SSSR count). The van der Waals surface area contributed by atoms with E-state index in [1.807, 2.05) is 18.2 Å².